The molecular weight excluding hydrogens is 312 g/mol. The Morgan fingerprint density at radius 3 is 2.54 bits per heavy atom. The van der Waals surface area contributed by atoms with E-state index in [2.05, 4.69) is 10.1 Å². The Balaban J connectivity index is 2.06. The Labute approximate surface area is 136 Å². The normalized spacial score (nSPS) is 11.5. The lowest BCUT2D eigenvalue weighted by Crippen LogP contribution is -1.99. The van der Waals surface area contributed by atoms with Gasteiger partial charge in [-0.1, -0.05) is 18.2 Å². The van der Waals surface area contributed by atoms with Gasteiger partial charge in [0.05, 0.1) is 23.0 Å². The number of benzene rings is 1. The molecule has 0 unspecified atom stereocenters. The van der Waals surface area contributed by atoms with Crippen LogP contribution in [-0.2, 0) is 0 Å². The van der Waals surface area contributed by atoms with Crippen molar-refractivity contribution in [2.75, 3.05) is 0 Å². The fourth-order valence-corrected chi connectivity index (χ4v) is 2.79. The minimum atomic E-state index is -2.63. The van der Waals surface area contributed by atoms with Gasteiger partial charge in [0.25, 0.3) is 6.43 Å². The topological polar surface area (TPSA) is 43.9 Å². The second kappa shape index (κ2) is 5.56. The van der Waals surface area contributed by atoms with Crippen molar-refractivity contribution >= 4 is 11.0 Å². The molecule has 1 aromatic carbocycles. The summed E-state index contributed by atoms with van der Waals surface area (Å²) >= 11 is 0. The van der Waals surface area contributed by atoms with E-state index in [4.69, 9.17) is 4.42 Å². The summed E-state index contributed by atoms with van der Waals surface area (Å²) in [7, 11) is 0. The Hall–Kier alpha value is -3.02. The number of para-hydroxylation sites is 1. The smallest absolute Gasteiger partial charge is 0.264 e. The molecule has 3 aromatic heterocycles. The van der Waals surface area contributed by atoms with E-state index >= 15 is 0 Å². The summed E-state index contributed by atoms with van der Waals surface area (Å²) in [4.78, 5) is 4.53. The highest BCUT2D eigenvalue weighted by atomic mass is 19.3. The van der Waals surface area contributed by atoms with Crippen molar-refractivity contribution in [3.05, 3.63) is 66.1 Å². The van der Waals surface area contributed by atoms with Gasteiger partial charge in [-0.15, -0.1) is 0 Å². The van der Waals surface area contributed by atoms with Gasteiger partial charge in [-0.2, -0.15) is 5.10 Å². The lowest BCUT2D eigenvalue weighted by atomic mass is 10.1. The zero-order valence-electron chi connectivity index (χ0n) is 12.8. The van der Waals surface area contributed by atoms with E-state index in [0.29, 0.717) is 28.2 Å². The lowest BCUT2D eigenvalue weighted by Gasteiger charge is -2.07. The number of hydrogen-bond donors (Lipinski definition) is 0. The van der Waals surface area contributed by atoms with Crippen molar-refractivity contribution in [2.45, 2.75) is 13.3 Å². The van der Waals surface area contributed by atoms with Crippen LogP contribution < -0.4 is 0 Å². The number of rotatable bonds is 3. The molecule has 0 radical (unpaired) electrons. The van der Waals surface area contributed by atoms with Crippen molar-refractivity contribution in [1.29, 1.82) is 0 Å². The van der Waals surface area contributed by atoms with Gasteiger partial charge in [0.15, 0.2) is 11.4 Å². The molecule has 0 saturated heterocycles. The van der Waals surface area contributed by atoms with Crippen LogP contribution in [0.5, 0.6) is 0 Å². The molecule has 0 N–H and O–H groups in total. The van der Waals surface area contributed by atoms with Crippen molar-refractivity contribution in [3.8, 4) is 17.1 Å². The number of pyridine rings is 1. The van der Waals surface area contributed by atoms with E-state index in [1.807, 2.05) is 30.3 Å². The Morgan fingerprint density at radius 2 is 1.88 bits per heavy atom. The zero-order valence-corrected chi connectivity index (χ0v) is 12.8. The Morgan fingerprint density at radius 1 is 1.08 bits per heavy atom. The summed E-state index contributed by atoms with van der Waals surface area (Å²) < 4.78 is 34.1. The quantitative estimate of drug-likeness (QED) is 0.536. The van der Waals surface area contributed by atoms with Crippen LogP contribution in [0.15, 0.2) is 59.2 Å². The second-order valence-corrected chi connectivity index (χ2v) is 5.41. The van der Waals surface area contributed by atoms with E-state index in [1.165, 1.54) is 12.3 Å². The maximum atomic E-state index is 13.6. The molecule has 24 heavy (non-hydrogen) atoms. The zero-order chi connectivity index (χ0) is 16.7. The third-order valence-electron chi connectivity index (χ3n) is 3.85. The number of aryl methyl sites for hydroxylation is 1. The lowest BCUT2D eigenvalue weighted by molar-refractivity contribution is 0.153. The number of nitrogens with zero attached hydrogens (tertiary/aromatic N) is 3. The first kappa shape index (κ1) is 14.6. The van der Waals surface area contributed by atoms with Gasteiger partial charge < -0.3 is 4.42 Å². The number of furan rings is 1. The highest BCUT2D eigenvalue weighted by Crippen LogP contribution is 2.33. The fourth-order valence-electron chi connectivity index (χ4n) is 2.79. The summed E-state index contributed by atoms with van der Waals surface area (Å²) in [5.74, 6) is 0.442. The van der Waals surface area contributed by atoms with Crippen LogP contribution in [0.25, 0.3) is 28.2 Å². The van der Waals surface area contributed by atoms with Gasteiger partial charge in [-0.25, -0.2) is 18.4 Å². The molecule has 120 valence electrons. The van der Waals surface area contributed by atoms with Crippen LogP contribution in [-0.4, -0.2) is 14.8 Å². The first-order valence-corrected chi connectivity index (χ1v) is 7.43. The predicted molar refractivity (Wildman–Crippen MR) is 86.3 cm³/mol. The molecule has 0 fully saturated rings. The largest absolute Gasteiger partial charge is 0.463 e. The third-order valence-corrected chi connectivity index (χ3v) is 3.85. The van der Waals surface area contributed by atoms with E-state index in [9.17, 15) is 8.78 Å². The molecule has 0 spiro atoms. The van der Waals surface area contributed by atoms with Gasteiger partial charge >= 0.3 is 0 Å². The molecule has 4 aromatic rings. The summed E-state index contributed by atoms with van der Waals surface area (Å²) in [6.07, 6.45) is -1.14. The first-order chi connectivity index (χ1) is 11.6. The summed E-state index contributed by atoms with van der Waals surface area (Å²) in [6, 6.07) is 14.1. The van der Waals surface area contributed by atoms with E-state index in [0.717, 1.165) is 5.69 Å². The van der Waals surface area contributed by atoms with Crippen LogP contribution in [0.4, 0.5) is 8.78 Å². The minimum absolute atomic E-state index is 0.0916. The number of halogens is 2. The number of alkyl halides is 2. The molecule has 0 aliphatic heterocycles. The summed E-state index contributed by atoms with van der Waals surface area (Å²) in [5, 5.41) is 4.79. The average Bonchev–Trinajstić information content (AvgIpc) is 3.23. The minimum Gasteiger partial charge on any atom is -0.463 e. The van der Waals surface area contributed by atoms with Gasteiger partial charge in [-0.3, -0.25) is 0 Å². The van der Waals surface area contributed by atoms with E-state index < -0.39 is 6.43 Å². The van der Waals surface area contributed by atoms with Crippen molar-refractivity contribution < 1.29 is 13.2 Å². The monoisotopic (exact) mass is 325 g/mol. The summed E-state index contributed by atoms with van der Waals surface area (Å²) in [5.41, 5.74) is 1.94. The fraction of sp³-hybridized carbons (Fsp3) is 0.111. The van der Waals surface area contributed by atoms with Gasteiger partial charge in [-0.05, 0) is 37.3 Å². The van der Waals surface area contributed by atoms with Crippen LogP contribution in [0.1, 0.15) is 17.7 Å². The highest BCUT2D eigenvalue weighted by molar-refractivity contribution is 5.86. The molecule has 0 amide bonds. The molecule has 0 atom stereocenters. The standard InChI is InChI=1S/C18H13F2N3O/c1-11-16-13(17(19)20)10-14(15-8-5-9-24-15)21-18(16)23(22-11)12-6-3-2-4-7-12/h2-10,17H,1H3. The van der Waals surface area contributed by atoms with Gasteiger partial charge in [0, 0.05) is 5.56 Å². The average molecular weight is 325 g/mol. The summed E-state index contributed by atoms with van der Waals surface area (Å²) in [6.45, 7) is 1.71. The maximum Gasteiger partial charge on any atom is 0.264 e. The Kier molecular flexibility index (Phi) is 3.37. The van der Waals surface area contributed by atoms with Gasteiger partial charge in [0.1, 0.15) is 5.69 Å². The molecule has 0 aliphatic carbocycles. The molecular formula is C18H13F2N3O. The third kappa shape index (κ3) is 2.27. The van der Waals surface area contributed by atoms with E-state index in [-0.39, 0.29) is 5.56 Å². The number of aromatic nitrogens is 3. The predicted octanol–water partition coefficient (Wildman–Crippen LogP) is 4.93. The van der Waals surface area contributed by atoms with Crippen LogP contribution in [0.2, 0.25) is 0 Å². The van der Waals surface area contributed by atoms with Crippen LogP contribution in [0, 0.1) is 6.92 Å². The molecule has 6 heteroatoms. The van der Waals surface area contributed by atoms with Gasteiger partial charge in [0.2, 0.25) is 0 Å². The van der Waals surface area contributed by atoms with Crippen molar-refractivity contribution in [1.82, 2.24) is 14.8 Å². The number of fused-ring (bicyclic) bond motifs is 1. The van der Waals surface area contributed by atoms with Crippen molar-refractivity contribution in [2.24, 2.45) is 0 Å². The SMILES string of the molecule is Cc1nn(-c2ccccc2)c2nc(-c3ccco3)cc(C(F)F)c12. The number of hydrogen-bond acceptors (Lipinski definition) is 3. The maximum absolute atomic E-state index is 13.6. The van der Waals surface area contributed by atoms with Crippen LogP contribution >= 0.6 is 0 Å². The van der Waals surface area contributed by atoms with Crippen molar-refractivity contribution in [3.63, 3.8) is 0 Å². The molecule has 3 heterocycles. The molecule has 4 rings (SSSR count). The molecule has 4 nitrogen and oxygen atoms in total. The van der Waals surface area contributed by atoms with E-state index in [1.54, 1.807) is 23.7 Å². The molecule has 0 saturated carbocycles. The molecule has 0 bridgehead atoms. The molecule has 0 aliphatic rings. The Bertz CT molecular complexity index is 992. The first-order valence-electron chi connectivity index (χ1n) is 7.43. The highest BCUT2D eigenvalue weighted by Gasteiger charge is 2.22. The van der Waals surface area contributed by atoms with Crippen LogP contribution in [0.3, 0.4) is 0 Å². The second-order valence-electron chi connectivity index (χ2n) is 5.41.